The van der Waals surface area contributed by atoms with E-state index in [1.165, 1.54) is 0 Å². The SMILES string of the molecule is CNCC(C)C(=O)Nc1nc2c(Cl)cccc2[nH]1. The number of aromatic amines is 1. The molecule has 1 aromatic heterocycles. The van der Waals surface area contributed by atoms with Crippen LogP contribution in [0.4, 0.5) is 5.95 Å². The van der Waals surface area contributed by atoms with Crippen LogP contribution in [-0.4, -0.2) is 29.5 Å². The Morgan fingerprint density at radius 1 is 1.56 bits per heavy atom. The normalized spacial score (nSPS) is 12.6. The third kappa shape index (κ3) is 2.63. The van der Waals surface area contributed by atoms with Crippen LogP contribution >= 0.6 is 11.6 Å². The van der Waals surface area contributed by atoms with Crippen LogP contribution in [0.2, 0.25) is 5.02 Å². The van der Waals surface area contributed by atoms with Gasteiger partial charge in [0.1, 0.15) is 5.52 Å². The van der Waals surface area contributed by atoms with E-state index < -0.39 is 0 Å². The van der Waals surface area contributed by atoms with Gasteiger partial charge in [0.2, 0.25) is 11.9 Å². The fourth-order valence-electron chi connectivity index (χ4n) is 1.70. The molecule has 5 nitrogen and oxygen atoms in total. The smallest absolute Gasteiger partial charge is 0.230 e. The average molecular weight is 267 g/mol. The van der Waals surface area contributed by atoms with E-state index in [2.05, 4.69) is 20.6 Å². The summed E-state index contributed by atoms with van der Waals surface area (Å²) < 4.78 is 0. The van der Waals surface area contributed by atoms with E-state index in [1.54, 1.807) is 6.07 Å². The number of anilines is 1. The minimum Gasteiger partial charge on any atom is -0.324 e. The topological polar surface area (TPSA) is 69.8 Å². The van der Waals surface area contributed by atoms with Gasteiger partial charge >= 0.3 is 0 Å². The highest BCUT2D eigenvalue weighted by atomic mass is 35.5. The third-order valence-corrected chi connectivity index (χ3v) is 2.97. The first-order valence-corrected chi connectivity index (χ1v) is 6.09. The Morgan fingerprint density at radius 3 is 3.00 bits per heavy atom. The maximum absolute atomic E-state index is 11.8. The average Bonchev–Trinajstić information content (AvgIpc) is 2.73. The lowest BCUT2D eigenvalue weighted by Gasteiger charge is -2.09. The number of aromatic nitrogens is 2. The van der Waals surface area contributed by atoms with Crippen LogP contribution in [0.1, 0.15) is 6.92 Å². The summed E-state index contributed by atoms with van der Waals surface area (Å²) in [5.41, 5.74) is 1.47. The number of para-hydroxylation sites is 1. The molecule has 2 aromatic rings. The monoisotopic (exact) mass is 266 g/mol. The zero-order chi connectivity index (χ0) is 13.1. The number of halogens is 1. The van der Waals surface area contributed by atoms with E-state index in [0.717, 1.165) is 5.52 Å². The number of nitrogens with one attached hydrogen (secondary N) is 3. The van der Waals surface area contributed by atoms with Gasteiger partial charge in [0.15, 0.2) is 0 Å². The molecule has 0 aliphatic rings. The van der Waals surface area contributed by atoms with Gasteiger partial charge < -0.3 is 10.3 Å². The summed E-state index contributed by atoms with van der Waals surface area (Å²) in [5.74, 6) is 0.212. The molecule has 0 fully saturated rings. The number of rotatable bonds is 4. The first kappa shape index (κ1) is 12.9. The second-order valence-corrected chi connectivity index (χ2v) is 4.58. The van der Waals surface area contributed by atoms with Crippen molar-refractivity contribution in [1.29, 1.82) is 0 Å². The second-order valence-electron chi connectivity index (χ2n) is 4.17. The Hall–Kier alpha value is -1.59. The van der Waals surface area contributed by atoms with Crippen LogP contribution in [0.25, 0.3) is 11.0 Å². The molecule has 1 heterocycles. The molecule has 1 unspecified atom stereocenters. The summed E-state index contributed by atoms with van der Waals surface area (Å²) in [6.07, 6.45) is 0. The number of amides is 1. The number of fused-ring (bicyclic) bond motifs is 1. The van der Waals surface area contributed by atoms with Crippen molar-refractivity contribution in [3.8, 4) is 0 Å². The van der Waals surface area contributed by atoms with E-state index in [1.807, 2.05) is 26.1 Å². The molecular formula is C12H15ClN4O. The van der Waals surface area contributed by atoms with Crippen LogP contribution in [0.5, 0.6) is 0 Å². The molecule has 18 heavy (non-hydrogen) atoms. The highest BCUT2D eigenvalue weighted by Gasteiger charge is 2.14. The Morgan fingerprint density at radius 2 is 2.33 bits per heavy atom. The fourth-order valence-corrected chi connectivity index (χ4v) is 1.91. The molecule has 1 aromatic carbocycles. The van der Waals surface area contributed by atoms with Gasteiger partial charge in [-0.05, 0) is 19.2 Å². The second kappa shape index (κ2) is 5.37. The van der Waals surface area contributed by atoms with Gasteiger partial charge in [-0.25, -0.2) is 4.98 Å². The van der Waals surface area contributed by atoms with Gasteiger partial charge in [-0.15, -0.1) is 0 Å². The highest BCUT2D eigenvalue weighted by molar-refractivity contribution is 6.35. The van der Waals surface area contributed by atoms with Crippen LogP contribution < -0.4 is 10.6 Å². The van der Waals surface area contributed by atoms with Crippen molar-refractivity contribution in [2.24, 2.45) is 5.92 Å². The largest absolute Gasteiger partial charge is 0.324 e. The Labute approximate surface area is 110 Å². The van der Waals surface area contributed by atoms with E-state index in [0.29, 0.717) is 23.0 Å². The maximum atomic E-state index is 11.8. The summed E-state index contributed by atoms with van der Waals surface area (Å²) in [5, 5.41) is 6.26. The summed E-state index contributed by atoms with van der Waals surface area (Å²) in [6.45, 7) is 2.47. The third-order valence-electron chi connectivity index (χ3n) is 2.66. The van der Waals surface area contributed by atoms with E-state index in [9.17, 15) is 4.79 Å². The van der Waals surface area contributed by atoms with Crippen molar-refractivity contribution in [3.63, 3.8) is 0 Å². The minimum atomic E-state index is -0.126. The molecular weight excluding hydrogens is 252 g/mol. The first-order valence-electron chi connectivity index (χ1n) is 5.71. The van der Waals surface area contributed by atoms with Crippen LogP contribution in [0.15, 0.2) is 18.2 Å². The van der Waals surface area contributed by atoms with E-state index in [-0.39, 0.29) is 11.8 Å². The molecule has 0 saturated heterocycles. The lowest BCUT2D eigenvalue weighted by atomic mass is 10.2. The fraction of sp³-hybridized carbons (Fsp3) is 0.333. The number of imidazole rings is 1. The number of H-pyrrole nitrogens is 1. The minimum absolute atomic E-state index is 0.0838. The zero-order valence-electron chi connectivity index (χ0n) is 10.2. The van der Waals surface area contributed by atoms with Crippen molar-refractivity contribution >= 4 is 34.5 Å². The van der Waals surface area contributed by atoms with Gasteiger partial charge in [0.05, 0.1) is 10.5 Å². The highest BCUT2D eigenvalue weighted by Crippen LogP contribution is 2.22. The molecule has 2 rings (SSSR count). The summed E-state index contributed by atoms with van der Waals surface area (Å²) in [7, 11) is 1.81. The summed E-state index contributed by atoms with van der Waals surface area (Å²) in [4.78, 5) is 19.1. The van der Waals surface area contributed by atoms with Crippen molar-refractivity contribution in [2.75, 3.05) is 18.9 Å². The lowest BCUT2D eigenvalue weighted by molar-refractivity contribution is -0.119. The predicted molar refractivity (Wildman–Crippen MR) is 72.8 cm³/mol. The Balaban J connectivity index is 2.17. The molecule has 0 aliphatic carbocycles. The molecule has 0 spiro atoms. The van der Waals surface area contributed by atoms with Crippen LogP contribution in [-0.2, 0) is 4.79 Å². The van der Waals surface area contributed by atoms with E-state index >= 15 is 0 Å². The van der Waals surface area contributed by atoms with Crippen molar-refractivity contribution in [2.45, 2.75) is 6.92 Å². The van der Waals surface area contributed by atoms with Gasteiger partial charge in [0, 0.05) is 12.5 Å². The quantitative estimate of drug-likeness (QED) is 0.793. The van der Waals surface area contributed by atoms with Gasteiger partial charge in [0.25, 0.3) is 0 Å². The predicted octanol–water partition coefficient (Wildman–Crippen LogP) is 2.01. The molecule has 1 atom stereocenters. The van der Waals surface area contributed by atoms with Gasteiger partial charge in [-0.1, -0.05) is 24.6 Å². The molecule has 0 saturated carbocycles. The molecule has 0 bridgehead atoms. The van der Waals surface area contributed by atoms with Gasteiger partial charge in [-0.2, -0.15) is 0 Å². The summed E-state index contributed by atoms with van der Waals surface area (Å²) >= 11 is 6.01. The van der Waals surface area contributed by atoms with Crippen LogP contribution in [0.3, 0.4) is 0 Å². The van der Waals surface area contributed by atoms with Crippen molar-refractivity contribution in [1.82, 2.24) is 15.3 Å². The molecule has 0 aliphatic heterocycles. The lowest BCUT2D eigenvalue weighted by Crippen LogP contribution is -2.28. The van der Waals surface area contributed by atoms with Crippen molar-refractivity contribution in [3.05, 3.63) is 23.2 Å². The van der Waals surface area contributed by atoms with Gasteiger partial charge in [-0.3, -0.25) is 10.1 Å². The number of nitrogens with zero attached hydrogens (tertiary/aromatic N) is 1. The van der Waals surface area contributed by atoms with Crippen LogP contribution in [0, 0.1) is 5.92 Å². The first-order chi connectivity index (χ1) is 8.61. The number of carbonyl (C=O) groups is 1. The zero-order valence-corrected chi connectivity index (χ0v) is 11.0. The van der Waals surface area contributed by atoms with E-state index in [4.69, 9.17) is 11.6 Å². The Bertz CT molecular complexity index is 566. The molecule has 3 N–H and O–H groups in total. The number of hydrogen-bond donors (Lipinski definition) is 3. The summed E-state index contributed by atoms with van der Waals surface area (Å²) in [6, 6.07) is 5.46. The number of benzene rings is 1. The van der Waals surface area contributed by atoms with Crippen molar-refractivity contribution < 1.29 is 4.79 Å². The molecule has 1 amide bonds. The molecule has 6 heteroatoms. The number of hydrogen-bond acceptors (Lipinski definition) is 3. The Kier molecular flexibility index (Phi) is 3.84. The number of carbonyl (C=O) groups excluding carboxylic acids is 1. The maximum Gasteiger partial charge on any atom is 0.230 e. The molecule has 0 radical (unpaired) electrons. The standard InChI is InChI=1S/C12H15ClN4O/c1-7(6-14-2)11(18)17-12-15-9-5-3-4-8(13)10(9)16-12/h3-5,7,14H,6H2,1-2H3,(H2,15,16,17,18). The molecule has 96 valence electrons.